The van der Waals surface area contributed by atoms with Gasteiger partial charge in [-0.15, -0.1) is 0 Å². The summed E-state index contributed by atoms with van der Waals surface area (Å²) in [6.45, 7) is 4.05. The second kappa shape index (κ2) is 4.85. The van der Waals surface area contributed by atoms with Crippen LogP contribution in [0.4, 0.5) is 0 Å². The predicted molar refractivity (Wildman–Crippen MR) is 81.3 cm³/mol. The summed E-state index contributed by atoms with van der Waals surface area (Å²) in [5.74, 6) is 0. The Balaban J connectivity index is 2.10. The topological polar surface area (TPSA) is 37.8 Å². The minimum absolute atomic E-state index is 0.0490. The molecule has 0 atom stereocenters. The van der Waals surface area contributed by atoms with Crippen LogP contribution in [0, 0.1) is 13.8 Å². The molecule has 0 saturated carbocycles. The molecule has 3 heteroatoms. The summed E-state index contributed by atoms with van der Waals surface area (Å²) in [4.78, 5) is 12.1. The van der Waals surface area contributed by atoms with Crippen molar-refractivity contribution in [3.8, 4) is 16.9 Å². The number of benzene rings is 2. The van der Waals surface area contributed by atoms with E-state index in [1.165, 1.54) is 5.56 Å². The summed E-state index contributed by atoms with van der Waals surface area (Å²) in [6, 6.07) is 17.6. The summed E-state index contributed by atoms with van der Waals surface area (Å²) in [5.41, 5.74) is 4.96. The SMILES string of the molecule is Cc1cccc(-c2cc(=O)n(-c3cccc(C)c3)[nH]2)c1. The van der Waals surface area contributed by atoms with Gasteiger partial charge in [-0.2, -0.15) is 0 Å². The fourth-order valence-corrected chi connectivity index (χ4v) is 2.32. The lowest BCUT2D eigenvalue weighted by atomic mass is 10.1. The zero-order chi connectivity index (χ0) is 14.1. The molecule has 0 amide bonds. The Bertz CT molecular complexity index is 812. The molecule has 100 valence electrons. The van der Waals surface area contributed by atoms with Crippen LogP contribution < -0.4 is 5.56 Å². The molecule has 3 aromatic rings. The molecule has 0 radical (unpaired) electrons. The van der Waals surface area contributed by atoms with Crippen molar-refractivity contribution in [1.82, 2.24) is 9.78 Å². The first-order valence-corrected chi connectivity index (χ1v) is 6.60. The molecule has 0 aliphatic rings. The van der Waals surface area contributed by atoms with Crippen LogP contribution in [0.3, 0.4) is 0 Å². The highest BCUT2D eigenvalue weighted by atomic mass is 16.1. The van der Waals surface area contributed by atoms with Gasteiger partial charge in [0, 0.05) is 6.07 Å². The molecule has 0 fully saturated rings. The standard InChI is InChI=1S/C17H16N2O/c1-12-5-3-7-14(9-12)16-11-17(20)19(18-16)15-8-4-6-13(2)10-15/h3-11,18H,1-2H3. The first kappa shape index (κ1) is 12.5. The number of hydrogen-bond acceptors (Lipinski definition) is 1. The lowest BCUT2D eigenvalue weighted by molar-refractivity contribution is 0.851. The van der Waals surface area contributed by atoms with Crippen LogP contribution in [-0.2, 0) is 0 Å². The van der Waals surface area contributed by atoms with Crippen LogP contribution in [-0.4, -0.2) is 9.78 Å². The van der Waals surface area contributed by atoms with E-state index in [4.69, 9.17) is 0 Å². The van der Waals surface area contributed by atoms with Gasteiger partial charge in [-0.25, -0.2) is 4.68 Å². The van der Waals surface area contributed by atoms with Gasteiger partial charge in [-0.1, -0.05) is 35.9 Å². The fourth-order valence-electron chi connectivity index (χ4n) is 2.32. The van der Waals surface area contributed by atoms with E-state index < -0.39 is 0 Å². The van der Waals surface area contributed by atoms with Crippen molar-refractivity contribution in [2.45, 2.75) is 13.8 Å². The zero-order valence-electron chi connectivity index (χ0n) is 11.6. The Hall–Kier alpha value is -2.55. The van der Waals surface area contributed by atoms with Crippen molar-refractivity contribution < 1.29 is 0 Å². The zero-order valence-corrected chi connectivity index (χ0v) is 11.6. The van der Waals surface area contributed by atoms with Gasteiger partial charge in [0.15, 0.2) is 0 Å². The van der Waals surface area contributed by atoms with Gasteiger partial charge in [0.2, 0.25) is 0 Å². The number of aryl methyl sites for hydroxylation is 2. The van der Waals surface area contributed by atoms with Crippen molar-refractivity contribution in [2.24, 2.45) is 0 Å². The lowest BCUT2D eigenvalue weighted by Crippen LogP contribution is -2.13. The van der Waals surface area contributed by atoms with Crippen LogP contribution in [0.2, 0.25) is 0 Å². The highest BCUT2D eigenvalue weighted by molar-refractivity contribution is 5.59. The fraction of sp³-hybridized carbons (Fsp3) is 0.118. The largest absolute Gasteiger partial charge is 0.290 e. The quantitative estimate of drug-likeness (QED) is 0.756. The van der Waals surface area contributed by atoms with E-state index in [2.05, 4.69) is 11.2 Å². The van der Waals surface area contributed by atoms with Crippen molar-refractivity contribution in [1.29, 1.82) is 0 Å². The van der Waals surface area contributed by atoms with Crippen LogP contribution in [0.5, 0.6) is 0 Å². The van der Waals surface area contributed by atoms with Crippen LogP contribution in [0.25, 0.3) is 16.9 Å². The smallest absolute Gasteiger partial charge is 0.271 e. The molecule has 20 heavy (non-hydrogen) atoms. The molecule has 0 saturated heterocycles. The molecule has 0 bridgehead atoms. The summed E-state index contributed by atoms with van der Waals surface area (Å²) in [5, 5.41) is 3.17. The number of nitrogens with one attached hydrogen (secondary N) is 1. The van der Waals surface area contributed by atoms with Crippen LogP contribution in [0.1, 0.15) is 11.1 Å². The van der Waals surface area contributed by atoms with E-state index in [0.29, 0.717) is 0 Å². The third-order valence-electron chi connectivity index (χ3n) is 3.31. The Labute approximate surface area is 117 Å². The minimum Gasteiger partial charge on any atom is -0.290 e. The first-order valence-electron chi connectivity index (χ1n) is 6.60. The van der Waals surface area contributed by atoms with Gasteiger partial charge in [-0.05, 0) is 43.2 Å². The highest BCUT2D eigenvalue weighted by Gasteiger charge is 2.07. The summed E-state index contributed by atoms with van der Waals surface area (Å²) < 4.78 is 1.57. The third kappa shape index (κ3) is 2.30. The summed E-state index contributed by atoms with van der Waals surface area (Å²) in [7, 11) is 0. The third-order valence-corrected chi connectivity index (χ3v) is 3.31. The van der Waals surface area contributed by atoms with E-state index in [1.54, 1.807) is 10.7 Å². The first-order chi connectivity index (χ1) is 9.63. The van der Waals surface area contributed by atoms with Gasteiger partial charge in [-0.3, -0.25) is 9.89 Å². The predicted octanol–water partition coefficient (Wildman–Crippen LogP) is 3.45. The maximum Gasteiger partial charge on any atom is 0.271 e. The molecule has 0 aliphatic carbocycles. The summed E-state index contributed by atoms with van der Waals surface area (Å²) >= 11 is 0. The summed E-state index contributed by atoms with van der Waals surface area (Å²) in [6.07, 6.45) is 0. The molecule has 1 aromatic heterocycles. The Morgan fingerprint density at radius 2 is 1.60 bits per heavy atom. The molecular formula is C17H16N2O. The second-order valence-electron chi connectivity index (χ2n) is 5.05. The molecule has 3 nitrogen and oxygen atoms in total. The molecule has 0 unspecified atom stereocenters. The maximum absolute atomic E-state index is 12.1. The van der Waals surface area contributed by atoms with Crippen LogP contribution in [0.15, 0.2) is 59.4 Å². The Morgan fingerprint density at radius 3 is 2.30 bits per heavy atom. The number of rotatable bonds is 2. The molecule has 2 aromatic carbocycles. The van der Waals surface area contributed by atoms with Crippen molar-refractivity contribution in [3.63, 3.8) is 0 Å². The van der Waals surface area contributed by atoms with E-state index in [0.717, 1.165) is 22.5 Å². The van der Waals surface area contributed by atoms with Crippen molar-refractivity contribution >= 4 is 0 Å². The molecule has 1 N–H and O–H groups in total. The minimum atomic E-state index is -0.0490. The molecule has 0 aliphatic heterocycles. The van der Waals surface area contributed by atoms with Gasteiger partial charge in [0.05, 0.1) is 11.4 Å². The number of hydrogen-bond donors (Lipinski definition) is 1. The van der Waals surface area contributed by atoms with Crippen LogP contribution >= 0.6 is 0 Å². The van der Waals surface area contributed by atoms with E-state index >= 15 is 0 Å². The van der Waals surface area contributed by atoms with Gasteiger partial charge >= 0.3 is 0 Å². The van der Waals surface area contributed by atoms with E-state index in [-0.39, 0.29) is 5.56 Å². The Kier molecular flexibility index (Phi) is 3.03. The maximum atomic E-state index is 12.1. The number of aromatic amines is 1. The second-order valence-corrected chi connectivity index (χ2v) is 5.05. The van der Waals surface area contributed by atoms with Gasteiger partial charge in [0.1, 0.15) is 0 Å². The number of aromatic nitrogens is 2. The van der Waals surface area contributed by atoms with Crippen molar-refractivity contribution in [3.05, 3.63) is 76.1 Å². The van der Waals surface area contributed by atoms with E-state index in [9.17, 15) is 4.79 Å². The lowest BCUT2D eigenvalue weighted by Gasteiger charge is -2.03. The van der Waals surface area contributed by atoms with E-state index in [1.807, 2.05) is 56.3 Å². The normalized spacial score (nSPS) is 10.7. The van der Waals surface area contributed by atoms with Gasteiger partial charge in [0.25, 0.3) is 5.56 Å². The molecule has 1 heterocycles. The molecule has 0 spiro atoms. The monoisotopic (exact) mass is 264 g/mol. The average Bonchev–Trinajstić information content (AvgIpc) is 2.81. The molecule has 3 rings (SSSR count). The highest BCUT2D eigenvalue weighted by Crippen LogP contribution is 2.17. The number of H-pyrrole nitrogens is 1. The average molecular weight is 264 g/mol. The number of nitrogens with zero attached hydrogens (tertiary/aromatic N) is 1. The van der Waals surface area contributed by atoms with Crippen molar-refractivity contribution in [2.75, 3.05) is 0 Å². The Morgan fingerprint density at radius 1 is 0.900 bits per heavy atom. The van der Waals surface area contributed by atoms with Gasteiger partial charge < -0.3 is 0 Å². The molecular weight excluding hydrogens is 248 g/mol.